The van der Waals surface area contributed by atoms with Crippen LogP contribution in [0.3, 0.4) is 0 Å². The Morgan fingerprint density at radius 1 is 1.32 bits per heavy atom. The fourth-order valence-corrected chi connectivity index (χ4v) is 1.96. The van der Waals surface area contributed by atoms with Crippen molar-refractivity contribution in [1.29, 1.82) is 0 Å². The molecule has 1 aliphatic heterocycles. The second kappa shape index (κ2) is 9.28. The highest BCUT2D eigenvalue weighted by Gasteiger charge is 2.21. The van der Waals surface area contributed by atoms with Gasteiger partial charge in [0.25, 0.3) is 0 Å². The number of nitrogens with one attached hydrogen (secondary N) is 1. The third kappa shape index (κ3) is 6.89. The highest BCUT2D eigenvalue weighted by Crippen LogP contribution is 2.00. The van der Waals surface area contributed by atoms with E-state index in [2.05, 4.69) is 19.2 Å². The van der Waals surface area contributed by atoms with Crippen LogP contribution in [-0.4, -0.2) is 62.9 Å². The molecule has 0 aromatic heterocycles. The van der Waals surface area contributed by atoms with Crippen LogP contribution in [0.25, 0.3) is 0 Å². The van der Waals surface area contributed by atoms with Gasteiger partial charge in [0.05, 0.1) is 19.3 Å². The normalized spacial score (nSPS) is 17.8. The van der Waals surface area contributed by atoms with Crippen LogP contribution in [0.2, 0.25) is 0 Å². The van der Waals surface area contributed by atoms with Gasteiger partial charge in [-0.15, -0.1) is 0 Å². The van der Waals surface area contributed by atoms with Crippen molar-refractivity contribution in [2.45, 2.75) is 33.2 Å². The Morgan fingerprint density at radius 3 is 2.63 bits per heavy atom. The maximum atomic E-state index is 12.1. The van der Waals surface area contributed by atoms with E-state index in [9.17, 15) is 4.79 Å². The molecule has 1 unspecified atom stereocenters. The quantitative estimate of drug-likeness (QED) is 0.667. The summed E-state index contributed by atoms with van der Waals surface area (Å²) in [5.41, 5.74) is 0. The number of hydrogen-bond acceptors (Lipinski definition) is 4. The number of rotatable bonds is 8. The molecule has 1 amide bonds. The summed E-state index contributed by atoms with van der Waals surface area (Å²) in [4.78, 5) is 14.0. The fourth-order valence-electron chi connectivity index (χ4n) is 1.96. The highest BCUT2D eigenvalue weighted by atomic mass is 16.5. The molecule has 19 heavy (non-hydrogen) atoms. The Labute approximate surface area is 116 Å². The highest BCUT2D eigenvalue weighted by molar-refractivity contribution is 5.81. The Morgan fingerprint density at radius 2 is 2.00 bits per heavy atom. The van der Waals surface area contributed by atoms with E-state index in [-0.39, 0.29) is 11.9 Å². The van der Waals surface area contributed by atoms with E-state index in [1.165, 1.54) is 0 Å². The Bertz CT molecular complexity index is 253. The fraction of sp³-hybridized carbons (Fsp3) is 0.929. The summed E-state index contributed by atoms with van der Waals surface area (Å²) in [6.45, 7) is 11.3. The van der Waals surface area contributed by atoms with Crippen LogP contribution in [0, 0.1) is 5.92 Å². The number of ether oxygens (including phenoxy) is 2. The van der Waals surface area contributed by atoms with Crippen LogP contribution in [0.1, 0.15) is 27.2 Å². The lowest BCUT2D eigenvalue weighted by Gasteiger charge is -2.29. The zero-order valence-electron chi connectivity index (χ0n) is 12.5. The van der Waals surface area contributed by atoms with Crippen molar-refractivity contribution in [2.24, 2.45) is 5.92 Å². The summed E-state index contributed by atoms with van der Waals surface area (Å²) >= 11 is 0. The van der Waals surface area contributed by atoms with E-state index in [1.54, 1.807) is 0 Å². The Hall–Kier alpha value is -0.650. The zero-order valence-corrected chi connectivity index (χ0v) is 12.5. The summed E-state index contributed by atoms with van der Waals surface area (Å²) in [7, 11) is 0. The predicted molar refractivity (Wildman–Crippen MR) is 75.1 cm³/mol. The van der Waals surface area contributed by atoms with Crippen molar-refractivity contribution < 1.29 is 14.3 Å². The van der Waals surface area contributed by atoms with Gasteiger partial charge < -0.3 is 19.7 Å². The first-order valence-electron chi connectivity index (χ1n) is 7.29. The van der Waals surface area contributed by atoms with Crippen LogP contribution in [0.4, 0.5) is 0 Å². The van der Waals surface area contributed by atoms with E-state index >= 15 is 0 Å². The lowest BCUT2D eigenvalue weighted by Crippen LogP contribution is -2.49. The topological polar surface area (TPSA) is 50.8 Å². The molecule has 0 radical (unpaired) electrons. The summed E-state index contributed by atoms with van der Waals surface area (Å²) in [6, 6.07) is -0.122. The van der Waals surface area contributed by atoms with Crippen molar-refractivity contribution in [3.05, 3.63) is 0 Å². The zero-order chi connectivity index (χ0) is 14.1. The van der Waals surface area contributed by atoms with Crippen LogP contribution in [0.15, 0.2) is 0 Å². The van der Waals surface area contributed by atoms with Crippen molar-refractivity contribution in [1.82, 2.24) is 10.2 Å². The van der Waals surface area contributed by atoms with Gasteiger partial charge in [0.2, 0.25) is 5.91 Å². The monoisotopic (exact) mass is 272 g/mol. The maximum absolute atomic E-state index is 12.1. The third-order valence-electron chi connectivity index (χ3n) is 3.06. The van der Waals surface area contributed by atoms with Crippen LogP contribution >= 0.6 is 0 Å². The minimum absolute atomic E-state index is 0.122. The second-order valence-corrected chi connectivity index (χ2v) is 5.44. The molecule has 0 aliphatic carbocycles. The number of carbonyl (C=O) groups is 1. The standard InChI is InChI=1S/C14H28N2O3/c1-12(2)11-19-8-4-5-15-13(3)14(17)16-6-9-18-10-7-16/h12-13,15H,4-11H2,1-3H3. The molecule has 0 aromatic carbocycles. The number of carbonyl (C=O) groups excluding carboxylic acids is 1. The third-order valence-corrected chi connectivity index (χ3v) is 3.06. The number of amides is 1. The van der Waals surface area contributed by atoms with Gasteiger partial charge in [0.15, 0.2) is 0 Å². The molecule has 112 valence electrons. The maximum Gasteiger partial charge on any atom is 0.239 e. The molecule has 0 aromatic rings. The minimum Gasteiger partial charge on any atom is -0.381 e. The van der Waals surface area contributed by atoms with E-state index < -0.39 is 0 Å². The van der Waals surface area contributed by atoms with E-state index in [1.807, 2.05) is 11.8 Å². The number of morpholine rings is 1. The molecular weight excluding hydrogens is 244 g/mol. The molecule has 1 atom stereocenters. The molecule has 5 heteroatoms. The van der Waals surface area contributed by atoms with Gasteiger partial charge in [0.1, 0.15) is 0 Å². The van der Waals surface area contributed by atoms with Crippen LogP contribution in [-0.2, 0) is 14.3 Å². The first-order chi connectivity index (χ1) is 9.11. The van der Waals surface area contributed by atoms with Crippen LogP contribution in [0.5, 0.6) is 0 Å². The van der Waals surface area contributed by atoms with E-state index in [0.717, 1.165) is 26.2 Å². The van der Waals surface area contributed by atoms with Gasteiger partial charge >= 0.3 is 0 Å². The molecule has 1 rings (SSSR count). The molecule has 1 aliphatic rings. The largest absolute Gasteiger partial charge is 0.381 e. The second-order valence-electron chi connectivity index (χ2n) is 5.44. The van der Waals surface area contributed by atoms with Gasteiger partial charge in [-0.25, -0.2) is 0 Å². The lowest BCUT2D eigenvalue weighted by atomic mass is 10.2. The van der Waals surface area contributed by atoms with Crippen molar-refractivity contribution in [2.75, 3.05) is 46.1 Å². The molecule has 1 heterocycles. The first-order valence-corrected chi connectivity index (χ1v) is 7.29. The van der Waals surface area contributed by atoms with Gasteiger partial charge in [-0.3, -0.25) is 4.79 Å². The van der Waals surface area contributed by atoms with E-state index in [4.69, 9.17) is 9.47 Å². The summed E-state index contributed by atoms with van der Waals surface area (Å²) < 4.78 is 10.7. The van der Waals surface area contributed by atoms with Gasteiger partial charge in [-0.2, -0.15) is 0 Å². The Kier molecular flexibility index (Phi) is 8.02. The molecular formula is C14H28N2O3. The van der Waals surface area contributed by atoms with Crippen molar-refractivity contribution >= 4 is 5.91 Å². The molecule has 1 N–H and O–H groups in total. The SMILES string of the molecule is CC(C)COCCCNC(C)C(=O)N1CCOCC1. The molecule has 5 nitrogen and oxygen atoms in total. The molecule has 0 saturated carbocycles. The average Bonchev–Trinajstić information content (AvgIpc) is 2.42. The van der Waals surface area contributed by atoms with Gasteiger partial charge in [-0.1, -0.05) is 13.8 Å². The lowest BCUT2D eigenvalue weighted by molar-refractivity contribution is -0.137. The Balaban J connectivity index is 2.06. The van der Waals surface area contributed by atoms with Gasteiger partial charge in [0, 0.05) is 26.3 Å². The average molecular weight is 272 g/mol. The summed E-state index contributed by atoms with van der Waals surface area (Å²) in [6.07, 6.45) is 0.938. The number of hydrogen-bond donors (Lipinski definition) is 1. The predicted octanol–water partition coefficient (Wildman–Crippen LogP) is 0.886. The summed E-state index contributed by atoms with van der Waals surface area (Å²) in [5, 5.41) is 3.26. The molecule has 1 fully saturated rings. The first kappa shape index (κ1) is 16.4. The number of nitrogens with zero attached hydrogens (tertiary/aromatic N) is 1. The van der Waals surface area contributed by atoms with Gasteiger partial charge in [-0.05, 0) is 25.8 Å². The van der Waals surface area contributed by atoms with E-state index in [0.29, 0.717) is 32.2 Å². The summed E-state index contributed by atoms with van der Waals surface area (Å²) in [5.74, 6) is 0.751. The molecule has 0 spiro atoms. The van der Waals surface area contributed by atoms with Crippen molar-refractivity contribution in [3.63, 3.8) is 0 Å². The smallest absolute Gasteiger partial charge is 0.239 e. The molecule has 0 bridgehead atoms. The van der Waals surface area contributed by atoms with Crippen LogP contribution < -0.4 is 5.32 Å². The molecule has 1 saturated heterocycles. The van der Waals surface area contributed by atoms with Crippen molar-refractivity contribution in [3.8, 4) is 0 Å². The minimum atomic E-state index is -0.122.